The lowest BCUT2D eigenvalue weighted by Crippen LogP contribution is -2.44. The van der Waals surface area contributed by atoms with Crippen LogP contribution in [0, 0.1) is 5.92 Å². The summed E-state index contributed by atoms with van der Waals surface area (Å²) >= 11 is 0. The number of benzene rings is 1. The first kappa shape index (κ1) is 23.4. The van der Waals surface area contributed by atoms with Crippen molar-refractivity contribution in [2.45, 2.75) is 81.8 Å². The Bertz CT molecular complexity index is 1020. The summed E-state index contributed by atoms with van der Waals surface area (Å²) in [5, 5.41) is 14.5. The summed E-state index contributed by atoms with van der Waals surface area (Å²) in [4.78, 5) is 19.0. The average molecular weight is 478 g/mol. The Morgan fingerprint density at radius 3 is 2.65 bits per heavy atom. The third kappa shape index (κ3) is 4.73. The Morgan fingerprint density at radius 1 is 1.15 bits per heavy atom. The number of alkyl halides is 3. The number of hydrogen-bond acceptors (Lipinski definition) is 5. The first-order valence-corrected chi connectivity index (χ1v) is 12.1. The minimum absolute atomic E-state index is 0.0503. The van der Waals surface area contributed by atoms with E-state index in [0.717, 1.165) is 43.7 Å². The van der Waals surface area contributed by atoms with E-state index in [9.17, 15) is 23.1 Å². The van der Waals surface area contributed by atoms with Crippen LogP contribution in [0.25, 0.3) is 0 Å². The lowest BCUT2D eigenvalue weighted by molar-refractivity contribution is -0.137. The second kappa shape index (κ2) is 9.00. The summed E-state index contributed by atoms with van der Waals surface area (Å²) in [5.41, 5.74) is -0.174. The Morgan fingerprint density at radius 2 is 1.94 bits per heavy atom. The van der Waals surface area contributed by atoms with Crippen molar-refractivity contribution in [3.05, 3.63) is 53.2 Å². The van der Waals surface area contributed by atoms with E-state index in [1.165, 1.54) is 12.3 Å². The molecule has 1 aromatic carbocycles. The lowest BCUT2D eigenvalue weighted by atomic mass is 9.81. The smallest absolute Gasteiger partial charge is 0.416 e. The number of rotatable bonds is 4. The van der Waals surface area contributed by atoms with Gasteiger partial charge in [-0.3, -0.25) is 4.79 Å². The van der Waals surface area contributed by atoms with Crippen LogP contribution in [0.5, 0.6) is 0 Å². The molecule has 184 valence electrons. The highest BCUT2D eigenvalue weighted by Crippen LogP contribution is 2.38. The van der Waals surface area contributed by atoms with E-state index in [2.05, 4.69) is 10.3 Å². The SMILES string of the molecule is O=C(C1CCC(NC2CCC(O)(c3ncco3)CC2)C1)N1CCc2ccc(C(F)(F)F)cc2C1. The molecule has 0 spiro atoms. The number of nitrogens with one attached hydrogen (secondary N) is 1. The summed E-state index contributed by atoms with van der Waals surface area (Å²) in [5.74, 6) is 0.329. The van der Waals surface area contributed by atoms with Crippen molar-refractivity contribution in [1.82, 2.24) is 15.2 Å². The molecule has 2 N–H and O–H groups in total. The molecule has 2 unspecified atom stereocenters. The van der Waals surface area contributed by atoms with Crippen molar-refractivity contribution in [3.63, 3.8) is 0 Å². The van der Waals surface area contributed by atoms with Crippen molar-refractivity contribution in [1.29, 1.82) is 0 Å². The Balaban J connectivity index is 1.13. The second-order valence-electron chi connectivity index (χ2n) is 10.0. The van der Waals surface area contributed by atoms with Gasteiger partial charge in [0, 0.05) is 31.1 Å². The minimum atomic E-state index is -4.38. The van der Waals surface area contributed by atoms with Crippen LogP contribution >= 0.6 is 0 Å². The van der Waals surface area contributed by atoms with Gasteiger partial charge in [0.05, 0.1) is 11.8 Å². The number of nitrogens with zero attached hydrogens (tertiary/aromatic N) is 2. The standard InChI is InChI=1S/C25H30F3N3O3/c26-25(27,28)19-3-1-16-7-11-31(15-18(16)13-19)22(32)17-2-4-21(14-17)30-20-5-8-24(33,9-6-20)23-29-10-12-34-23/h1,3,10,12-13,17,20-21,30,33H,2,4-9,11,14-15H2. The van der Waals surface area contributed by atoms with Crippen LogP contribution in [0.4, 0.5) is 13.2 Å². The monoisotopic (exact) mass is 477 g/mol. The van der Waals surface area contributed by atoms with Crippen LogP contribution in [0.2, 0.25) is 0 Å². The van der Waals surface area contributed by atoms with Crippen molar-refractivity contribution < 1.29 is 27.5 Å². The van der Waals surface area contributed by atoms with E-state index in [1.807, 2.05) is 0 Å². The maximum atomic E-state index is 13.2. The van der Waals surface area contributed by atoms with Crippen LogP contribution in [0.3, 0.4) is 0 Å². The number of fused-ring (bicyclic) bond motifs is 1. The Kier molecular flexibility index (Phi) is 6.18. The number of halogens is 3. The molecular formula is C25H30F3N3O3. The molecule has 2 heterocycles. The summed E-state index contributed by atoms with van der Waals surface area (Å²) in [7, 11) is 0. The van der Waals surface area contributed by atoms with Crippen molar-refractivity contribution >= 4 is 5.91 Å². The molecule has 2 aromatic rings. The first-order chi connectivity index (χ1) is 16.2. The van der Waals surface area contributed by atoms with Crippen LogP contribution in [-0.4, -0.2) is 39.5 Å². The molecule has 2 aliphatic carbocycles. The molecule has 2 atom stereocenters. The predicted octanol–water partition coefficient (Wildman–Crippen LogP) is 4.17. The zero-order valence-corrected chi connectivity index (χ0v) is 19.0. The van der Waals surface area contributed by atoms with Gasteiger partial charge in [-0.05, 0) is 74.6 Å². The van der Waals surface area contributed by atoms with Gasteiger partial charge in [0.25, 0.3) is 0 Å². The number of amides is 1. The normalized spacial score (nSPS) is 29.8. The summed E-state index contributed by atoms with van der Waals surface area (Å²) in [6.45, 7) is 0.794. The highest BCUT2D eigenvalue weighted by Gasteiger charge is 2.40. The van der Waals surface area contributed by atoms with Gasteiger partial charge in [-0.2, -0.15) is 13.2 Å². The van der Waals surface area contributed by atoms with Gasteiger partial charge >= 0.3 is 6.18 Å². The van der Waals surface area contributed by atoms with Crippen molar-refractivity contribution in [3.8, 4) is 0 Å². The Labute approximate surface area is 196 Å². The highest BCUT2D eigenvalue weighted by atomic mass is 19.4. The molecule has 2 fully saturated rings. The van der Waals surface area contributed by atoms with Crippen LogP contribution < -0.4 is 5.32 Å². The van der Waals surface area contributed by atoms with Gasteiger partial charge in [0.15, 0.2) is 0 Å². The van der Waals surface area contributed by atoms with E-state index in [4.69, 9.17) is 4.42 Å². The van der Waals surface area contributed by atoms with E-state index in [1.54, 1.807) is 17.2 Å². The number of aromatic nitrogens is 1. The van der Waals surface area contributed by atoms with E-state index in [0.29, 0.717) is 37.3 Å². The fourth-order valence-corrected chi connectivity index (χ4v) is 5.80. The molecule has 9 heteroatoms. The summed E-state index contributed by atoms with van der Waals surface area (Å²) < 4.78 is 44.6. The van der Waals surface area contributed by atoms with Crippen LogP contribution in [0.1, 0.15) is 67.5 Å². The van der Waals surface area contributed by atoms with E-state index >= 15 is 0 Å². The maximum Gasteiger partial charge on any atom is 0.416 e. The van der Waals surface area contributed by atoms with Crippen LogP contribution in [-0.2, 0) is 29.5 Å². The van der Waals surface area contributed by atoms with Gasteiger partial charge < -0.3 is 19.7 Å². The molecule has 6 nitrogen and oxygen atoms in total. The largest absolute Gasteiger partial charge is 0.446 e. The third-order valence-corrected chi connectivity index (χ3v) is 7.75. The molecule has 34 heavy (non-hydrogen) atoms. The average Bonchev–Trinajstić information content (AvgIpc) is 3.52. The molecule has 0 saturated heterocycles. The zero-order chi connectivity index (χ0) is 23.9. The van der Waals surface area contributed by atoms with Crippen molar-refractivity contribution in [2.24, 2.45) is 5.92 Å². The summed E-state index contributed by atoms with van der Waals surface area (Å²) in [6, 6.07) is 4.37. The number of carbonyl (C=O) groups is 1. The molecule has 5 rings (SSSR count). The first-order valence-electron chi connectivity index (χ1n) is 12.1. The van der Waals surface area contributed by atoms with E-state index in [-0.39, 0.29) is 30.5 Å². The quantitative estimate of drug-likeness (QED) is 0.691. The fourth-order valence-electron chi connectivity index (χ4n) is 5.80. The molecule has 3 aliphatic rings. The number of carbonyl (C=O) groups excluding carboxylic acids is 1. The number of oxazole rings is 1. The molecule has 1 aliphatic heterocycles. The second-order valence-corrected chi connectivity index (χ2v) is 10.0. The highest BCUT2D eigenvalue weighted by molar-refractivity contribution is 5.79. The number of aliphatic hydroxyl groups is 1. The Hall–Kier alpha value is -2.39. The maximum absolute atomic E-state index is 13.2. The molecule has 2 saturated carbocycles. The number of hydrogen-bond donors (Lipinski definition) is 2. The fraction of sp³-hybridized carbons (Fsp3) is 0.600. The lowest BCUT2D eigenvalue weighted by Gasteiger charge is -2.35. The zero-order valence-electron chi connectivity index (χ0n) is 19.0. The van der Waals surface area contributed by atoms with Gasteiger partial charge in [0.2, 0.25) is 11.8 Å². The molecule has 0 radical (unpaired) electrons. The predicted molar refractivity (Wildman–Crippen MR) is 117 cm³/mol. The topological polar surface area (TPSA) is 78.6 Å². The van der Waals surface area contributed by atoms with Gasteiger partial charge in [-0.15, -0.1) is 0 Å². The van der Waals surface area contributed by atoms with Crippen LogP contribution in [0.15, 0.2) is 35.1 Å². The molecule has 1 aromatic heterocycles. The van der Waals surface area contributed by atoms with Gasteiger partial charge in [0.1, 0.15) is 11.9 Å². The minimum Gasteiger partial charge on any atom is -0.446 e. The molecular weight excluding hydrogens is 447 g/mol. The molecule has 1 amide bonds. The third-order valence-electron chi connectivity index (χ3n) is 7.75. The molecule has 0 bridgehead atoms. The van der Waals surface area contributed by atoms with Gasteiger partial charge in [-0.25, -0.2) is 4.98 Å². The van der Waals surface area contributed by atoms with Crippen molar-refractivity contribution in [2.75, 3.05) is 6.54 Å². The van der Waals surface area contributed by atoms with E-state index < -0.39 is 17.3 Å². The summed E-state index contributed by atoms with van der Waals surface area (Å²) in [6.07, 6.45) is 4.42. The van der Waals surface area contributed by atoms with Gasteiger partial charge in [-0.1, -0.05) is 6.07 Å².